The number of amides is 3. The van der Waals surface area contributed by atoms with Gasteiger partial charge in [0.2, 0.25) is 0 Å². The molecule has 0 bridgehead atoms. The van der Waals surface area contributed by atoms with Crippen LogP contribution in [0, 0.1) is 5.82 Å². The smallest absolute Gasteiger partial charge is 0.321 e. The van der Waals surface area contributed by atoms with Crippen LogP contribution in [0.3, 0.4) is 0 Å². The predicted molar refractivity (Wildman–Crippen MR) is 96.4 cm³/mol. The van der Waals surface area contributed by atoms with E-state index >= 15 is 0 Å². The van der Waals surface area contributed by atoms with Gasteiger partial charge < -0.3 is 10.1 Å². The Hall–Kier alpha value is -2.44. The van der Waals surface area contributed by atoms with E-state index < -0.39 is 35.7 Å². The van der Waals surface area contributed by atoms with Crippen LogP contribution < -0.4 is 10.6 Å². The van der Waals surface area contributed by atoms with Gasteiger partial charge in [-0.25, -0.2) is 9.18 Å². The minimum absolute atomic E-state index is 0.0863. The summed E-state index contributed by atoms with van der Waals surface area (Å²) in [5, 5.41) is 4.91. The van der Waals surface area contributed by atoms with Crippen molar-refractivity contribution in [2.75, 3.05) is 6.61 Å². The zero-order valence-corrected chi connectivity index (χ0v) is 15.3. The second-order valence-electron chi connectivity index (χ2n) is 7.35. The molecule has 2 aliphatic rings. The Morgan fingerprint density at radius 3 is 2.41 bits per heavy atom. The number of carbonyl (C=O) groups is 3. The van der Waals surface area contributed by atoms with E-state index in [-0.39, 0.29) is 6.04 Å². The Morgan fingerprint density at radius 1 is 1.07 bits per heavy atom. The standard InChI is InChI=1S/C20H25FN2O4/c21-16-10-4-3-9-15(16)20(11-5-6-12-20)18(25)27-13-17(24)23-19(26)22-14-7-1-2-8-14/h3-4,9-10,14H,1-2,5-8,11-13H2,(H2,22,23,24,26). The van der Waals surface area contributed by atoms with Gasteiger partial charge in [0.05, 0.1) is 5.41 Å². The lowest BCUT2D eigenvalue weighted by molar-refractivity contribution is -0.154. The molecule has 146 valence electrons. The van der Waals surface area contributed by atoms with Crippen molar-refractivity contribution in [1.82, 2.24) is 10.6 Å². The molecule has 0 atom stereocenters. The molecule has 0 radical (unpaired) electrons. The largest absolute Gasteiger partial charge is 0.455 e. The summed E-state index contributed by atoms with van der Waals surface area (Å²) in [5.41, 5.74) is -0.746. The third-order valence-electron chi connectivity index (χ3n) is 5.51. The van der Waals surface area contributed by atoms with E-state index in [9.17, 15) is 18.8 Å². The Kier molecular flexibility index (Phi) is 6.08. The van der Waals surface area contributed by atoms with Gasteiger partial charge in [-0.05, 0) is 31.7 Å². The number of rotatable bonds is 5. The van der Waals surface area contributed by atoms with Crippen LogP contribution in [0.25, 0.3) is 0 Å². The summed E-state index contributed by atoms with van der Waals surface area (Å²) in [6.07, 6.45) is 6.48. The number of nitrogens with one attached hydrogen (secondary N) is 2. The second kappa shape index (κ2) is 8.50. The third-order valence-corrected chi connectivity index (χ3v) is 5.51. The molecule has 2 N–H and O–H groups in total. The monoisotopic (exact) mass is 376 g/mol. The molecule has 0 heterocycles. The lowest BCUT2D eigenvalue weighted by atomic mass is 9.78. The average Bonchev–Trinajstić information content (AvgIpc) is 3.32. The molecule has 0 aliphatic heterocycles. The summed E-state index contributed by atoms with van der Waals surface area (Å²) in [5.74, 6) is -1.76. The van der Waals surface area contributed by atoms with Crippen LogP contribution in [-0.4, -0.2) is 30.6 Å². The molecule has 3 amide bonds. The molecule has 2 saturated carbocycles. The molecule has 1 aromatic carbocycles. The van der Waals surface area contributed by atoms with Crippen LogP contribution >= 0.6 is 0 Å². The van der Waals surface area contributed by atoms with Crippen LogP contribution in [-0.2, 0) is 19.7 Å². The maximum absolute atomic E-state index is 14.3. The Morgan fingerprint density at radius 2 is 1.74 bits per heavy atom. The Balaban J connectivity index is 1.56. The van der Waals surface area contributed by atoms with E-state index in [0.29, 0.717) is 18.4 Å². The van der Waals surface area contributed by atoms with E-state index in [1.165, 1.54) is 6.07 Å². The van der Waals surface area contributed by atoms with Gasteiger partial charge in [-0.15, -0.1) is 0 Å². The molecule has 0 spiro atoms. The fraction of sp³-hybridized carbons (Fsp3) is 0.550. The number of halogens is 1. The van der Waals surface area contributed by atoms with Crippen molar-refractivity contribution >= 4 is 17.9 Å². The zero-order chi connectivity index (χ0) is 19.3. The van der Waals surface area contributed by atoms with Gasteiger partial charge in [0.15, 0.2) is 6.61 Å². The van der Waals surface area contributed by atoms with E-state index in [1.54, 1.807) is 18.2 Å². The topological polar surface area (TPSA) is 84.5 Å². The van der Waals surface area contributed by atoms with Gasteiger partial charge in [0.1, 0.15) is 5.82 Å². The Labute approximate surface area is 157 Å². The number of esters is 1. The van der Waals surface area contributed by atoms with Crippen LogP contribution in [0.2, 0.25) is 0 Å². The van der Waals surface area contributed by atoms with Crippen molar-refractivity contribution in [3.8, 4) is 0 Å². The fourth-order valence-corrected chi connectivity index (χ4v) is 4.13. The first-order valence-electron chi connectivity index (χ1n) is 9.54. The number of benzene rings is 1. The summed E-state index contributed by atoms with van der Waals surface area (Å²) >= 11 is 0. The van der Waals surface area contributed by atoms with Crippen molar-refractivity contribution in [2.45, 2.75) is 62.8 Å². The normalized spacial score (nSPS) is 18.9. The van der Waals surface area contributed by atoms with Gasteiger partial charge in [-0.3, -0.25) is 14.9 Å². The highest BCUT2D eigenvalue weighted by Crippen LogP contribution is 2.43. The van der Waals surface area contributed by atoms with Gasteiger partial charge >= 0.3 is 12.0 Å². The minimum atomic E-state index is -1.06. The van der Waals surface area contributed by atoms with Gasteiger partial charge in [0.25, 0.3) is 5.91 Å². The number of hydrogen-bond acceptors (Lipinski definition) is 4. The molecule has 1 aromatic rings. The molecule has 0 saturated heterocycles. The van der Waals surface area contributed by atoms with Crippen LogP contribution in [0.15, 0.2) is 24.3 Å². The van der Waals surface area contributed by atoms with Crippen molar-refractivity contribution in [3.05, 3.63) is 35.6 Å². The van der Waals surface area contributed by atoms with Crippen molar-refractivity contribution in [2.24, 2.45) is 0 Å². The summed E-state index contributed by atoms with van der Waals surface area (Å²) < 4.78 is 19.4. The highest BCUT2D eigenvalue weighted by Gasteiger charge is 2.46. The molecule has 0 aromatic heterocycles. The predicted octanol–water partition coefficient (Wildman–Crippen LogP) is 2.95. The summed E-state index contributed by atoms with van der Waals surface area (Å²) in [7, 11) is 0. The van der Waals surface area contributed by atoms with Gasteiger partial charge in [-0.1, -0.05) is 43.9 Å². The molecule has 0 unspecified atom stereocenters. The summed E-state index contributed by atoms with van der Waals surface area (Å²) in [4.78, 5) is 36.5. The maximum Gasteiger partial charge on any atom is 0.321 e. The van der Waals surface area contributed by atoms with E-state index in [1.807, 2.05) is 0 Å². The molecule has 3 rings (SSSR count). The number of hydrogen-bond donors (Lipinski definition) is 2. The van der Waals surface area contributed by atoms with Crippen molar-refractivity contribution in [3.63, 3.8) is 0 Å². The van der Waals surface area contributed by atoms with E-state index in [2.05, 4.69) is 10.6 Å². The second-order valence-corrected chi connectivity index (χ2v) is 7.35. The van der Waals surface area contributed by atoms with Crippen LogP contribution in [0.1, 0.15) is 56.9 Å². The van der Waals surface area contributed by atoms with Crippen LogP contribution in [0.4, 0.5) is 9.18 Å². The van der Waals surface area contributed by atoms with Crippen LogP contribution in [0.5, 0.6) is 0 Å². The van der Waals surface area contributed by atoms with Crippen molar-refractivity contribution in [1.29, 1.82) is 0 Å². The average molecular weight is 376 g/mol. The summed E-state index contributed by atoms with van der Waals surface area (Å²) in [6, 6.07) is 5.69. The fourth-order valence-electron chi connectivity index (χ4n) is 4.13. The lowest BCUT2D eigenvalue weighted by Gasteiger charge is -2.27. The maximum atomic E-state index is 14.3. The number of carbonyl (C=O) groups excluding carboxylic acids is 3. The van der Waals surface area contributed by atoms with Crippen molar-refractivity contribution < 1.29 is 23.5 Å². The number of urea groups is 1. The van der Waals surface area contributed by atoms with Gasteiger partial charge in [0, 0.05) is 11.6 Å². The van der Waals surface area contributed by atoms with E-state index in [4.69, 9.17) is 4.74 Å². The lowest BCUT2D eigenvalue weighted by Crippen LogP contribution is -2.45. The SMILES string of the molecule is O=C(COC(=O)C1(c2ccccc2F)CCCC1)NC(=O)NC1CCCC1. The van der Waals surface area contributed by atoms with E-state index in [0.717, 1.165) is 38.5 Å². The number of imide groups is 1. The highest BCUT2D eigenvalue weighted by atomic mass is 19.1. The molecule has 2 aliphatic carbocycles. The first kappa shape index (κ1) is 19.3. The molecular weight excluding hydrogens is 351 g/mol. The Bertz CT molecular complexity index is 710. The molecule has 27 heavy (non-hydrogen) atoms. The quantitative estimate of drug-likeness (QED) is 0.774. The van der Waals surface area contributed by atoms with Gasteiger partial charge in [-0.2, -0.15) is 0 Å². The number of ether oxygens (including phenoxy) is 1. The molecule has 7 heteroatoms. The molecule has 6 nitrogen and oxygen atoms in total. The first-order valence-corrected chi connectivity index (χ1v) is 9.54. The summed E-state index contributed by atoms with van der Waals surface area (Å²) in [6.45, 7) is -0.562. The highest BCUT2D eigenvalue weighted by molar-refractivity contribution is 5.96. The first-order chi connectivity index (χ1) is 13.0. The third kappa shape index (κ3) is 4.46. The minimum Gasteiger partial charge on any atom is -0.455 e. The molecular formula is C20H25FN2O4. The molecule has 2 fully saturated rings. The zero-order valence-electron chi connectivity index (χ0n) is 15.3.